The summed E-state index contributed by atoms with van der Waals surface area (Å²) in [6.45, 7) is 0.456. The van der Waals surface area contributed by atoms with Gasteiger partial charge >= 0.3 is 0 Å². The van der Waals surface area contributed by atoms with Gasteiger partial charge in [0.25, 0.3) is 5.91 Å². The third-order valence-corrected chi connectivity index (χ3v) is 5.69. The van der Waals surface area contributed by atoms with E-state index < -0.39 is 10.0 Å². The Labute approximate surface area is 152 Å². The van der Waals surface area contributed by atoms with Crippen LogP contribution >= 0.6 is 11.6 Å². The highest BCUT2D eigenvalue weighted by molar-refractivity contribution is 7.89. The number of amides is 1. The number of hydrogen-bond donors (Lipinski definition) is 2. The summed E-state index contributed by atoms with van der Waals surface area (Å²) in [6.07, 6.45) is 2.40. The summed E-state index contributed by atoms with van der Waals surface area (Å²) in [5.41, 5.74) is 1.39. The van der Waals surface area contributed by atoms with Gasteiger partial charge in [0, 0.05) is 23.2 Å². The first kappa shape index (κ1) is 17.9. The van der Waals surface area contributed by atoms with Gasteiger partial charge in [0.2, 0.25) is 10.0 Å². The lowest BCUT2D eigenvalue weighted by atomic mass is 10.1. The molecule has 1 amide bonds. The third kappa shape index (κ3) is 5.04. The molecule has 0 aromatic heterocycles. The van der Waals surface area contributed by atoms with Gasteiger partial charge in [-0.1, -0.05) is 29.8 Å². The monoisotopic (exact) mass is 378 g/mol. The predicted octanol–water partition coefficient (Wildman–Crippen LogP) is 2.75. The molecule has 0 radical (unpaired) electrons. The molecule has 2 aromatic carbocycles. The highest BCUT2D eigenvalue weighted by Crippen LogP contribution is 2.22. The zero-order chi connectivity index (χ0) is 17.9. The summed E-state index contributed by atoms with van der Waals surface area (Å²) in [5, 5.41) is 3.48. The zero-order valence-corrected chi connectivity index (χ0v) is 15.1. The van der Waals surface area contributed by atoms with Gasteiger partial charge < -0.3 is 5.32 Å². The molecule has 0 atom stereocenters. The van der Waals surface area contributed by atoms with Crippen molar-refractivity contribution in [2.75, 3.05) is 6.54 Å². The van der Waals surface area contributed by atoms with Crippen LogP contribution < -0.4 is 10.0 Å². The molecule has 2 aromatic rings. The van der Waals surface area contributed by atoms with Crippen LogP contribution in [0.2, 0.25) is 5.02 Å². The van der Waals surface area contributed by atoms with Gasteiger partial charge in [0.1, 0.15) is 0 Å². The molecule has 5 nitrogen and oxygen atoms in total. The molecule has 0 unspecified atom stereocenters. The van der Waals surface area contributed by atoms with Crippen molar-refractivity contribution in [2.24, 2.45) is 0 Å². The van der Waals surface area contributed by atoms with Crippen molar-refractivity contribution in [3.8, 4) is 0 Å². The first-order valence-electron chi connectivity index (χ1n) is 8.09. The fourth-order valence-electron chi connectivity index (χ4n) is 2.37. The van der Waals surface area contributed by atoms with Gasteiger partial charge in [0.05, 0.1) is 4.90 Å². The molecule has 0 saturated heterocycles. The maximum atomic E-state index is 12.3. The van der Waals surface area contributed by atoms with E-state index in [4.69, 9.17) is 11.6 Å². The van der Waals surface area contributed by atoms with Crippen molar-refractivity contribution in [3.63, 3.8) is 0 Å². The highest BCUT2D eigenvalue weighted by atomic mass is 35.5. The van der Waals surface area contributed by atoms with E-state index >= 15 is 0 Å². The van der Waals surface area contributed by atoms with Crippen LogP contribution in [0.4, 0.5) is 0 Å². The number of carbonyl (C=O) groups is 1. The van der Waals surface area contributed by atoms with E-state index in [0.717, 1.165) is 18.4 Å². The molecule has 0 bridgehead atoms. The molecule has 7 heteroatoms. The molecule has 1 aliphatic carbocycles. The Bertz CT molecular complexity index is 862. The summed E-state index contributed by atoms with van der Waals surface area (Å²) in [4.78, 5) is 12.4. The Morgan fingerprint density at radius 3 is 2.52 bits per heavy atom. The number of sulfonamides is 1. The summed E-state index contributed by atoms with van der Waals surface area (Å²) in [5.74, 6) is -0.294. The molecule has 0 aliphatic heterocycles. The minimum Gasteiger partial charge on any atom is -0.352 e. The first-order chi connectivity index (χ1) is 11.9. The van der Waals surface area contributed by atoms with Crippen LogP contribution in [0.1, 0.15) is 28.8 Å². The molecule has 132 valence electrons. The van der Waals surface area contributed by atoms with Crippen LogP contribution in [0.3, 0.4) is 0 Å². The number of halogens is 1. The van der Waals surface area contributed by atoms with E-state index in [-0.39, 0.29) is 16.8 Å². The fourth-order valence-corrected chi connectivity index (χ4v) is 3.84. The fraction of sp³-hybridized carbons (Fsp3) is 0.278. The Hall–Kier alpha value is -1.89. The minimum absolute atomic E-state index is 0.0295. The molecule has 1 fully saturated rings. The van der Waals surface area contributed by atoms with Gasteiger partial charge in [-0.2, -0.15) is 0 Å². The van der Waals surface area contributed by atoms with E-state index in [1.165, 1.54) is 12.1 Å². The first-order valence-corrected chi connectivity index (χ1v) is 9.95. The van der Waals surface area contributed by atoms with E-state index in [1.54, 1.807) is 24.3 Å². The van der Waals surface area contributed by atoms with Gasteiger partial charge in [0.15, 0.2) is 0 Å². The zero-order valence-electron chi connectivity index (χ0n) is 13.5. The maximum absolute atomic E-state index is 12.3. The second kappa shape index (κ2) is 7.56. The van der Waals surface area contributed by atoms with Crippen molar-refractivity contribution in [3.05, 3.63) is 64.7 Å². The average Bonchev–Trinajstić information content (AvgIpc) is 3.40. The molecule has 0 spiro atoms. The molecular weight excluding hydrogens is 360 g/mol. The Balaban J connectivity index is 1.60. The maximum Gasteiger partial charge on any atom is 0.251 e. The van der Waals surface area contributed by atoms with Crippen LogP contribution in [0.5, 0.6) is 0 Å². The third-order valence-electron chi connectivity index (χ3n) is 3.92. The lowest BCUT2D eigenvalue weighted by Gasteiger charge is -2.09. The molecule has 3 rings (SSSR count). The average molecular weight is 379 g/mol. The largest absolute Gasteiger partial charge is 0.352 e. The second-order valence-corrected chi connectivity index (χ2v) is 8.21. The van der Waals surface area contributed by atoms with Crippen molar-refractivity contribution in [1.82, 2.24) is 10.0 Å². The van der Waals surface area contributed by atoms with Crippen LogP contribution in [0, 0.1) is 0 Å². The molecule has 0 heterocycles. The Morgan fingerprint density at radius 2 is 1.84 bits per heavy atom. The normalized spacial score (nSPS) is 14.3. The van der Waals surface area contributed by atoms with Gasteiger partial charge in [-0.25, -0.2) is 13.1 Å². The lowest BCUT2D eigenvalue weighted by Crippen LogP contribution is -2.28. The Morgan fingerprint density at radius 1 is 1.12 bits per heavy atom. The van der Waals surface area contributed by atoms with Crippen molar-refractivity contribution in [2.45, 2.75) is 30.2 Å². The van der Waals surface area contributed by atoms with Gasteiger partial charge in [-0.3, -0.25) is 4.79 Å². The lowest BCUT2D eigenvalue weighted by molar-refractivity contribution is 0.0954. The minimum atomic E-state index is -3.56. The Kier molecular flexibility index (Phi) is 5.42. The van der Waals surface area contributed by atoms with E-state index in [0.29, 0.717) is 23.6 Å². The number of hydrogen-bond acceptors (Lipinski definition) is 3. The standard InChI is InChI=1S/C18H19ClN2O3S/c19-15-6-4-13(5-7-15)10-11-20-18(22)14-2-1-3-17(12-14)25(23,24)21-16-8-9-16/h1-7,12,16,21H,8-11H2,(H,20,22). The summed E-state index contributed by atoms with van der Waals surface area (Å²) < 4.78 is 27.1. The summed E-state index contributed by atoms with van der Waals surface area (Å²) >= 11 is 5.84. The van der Waals surface area contributed by atoms with Crippen molar-refractivity contribution >= 4 is 27.5 Å². The number of carbonyl (C=O) groups excluding carboxylic acids is 1. The van der Waals surface area contributed by atoms with Gasteiger partial charge in [-0.05, 0) is 55.2 Å². The topological polar surface area (TPSA) is 75.3 Å². The predicted molar refractivity (Wildman–Crippen MR) is 97.3 cm³/mol. The number of nitrogens with one attached hydrogen (secondary N) is 2. The quantitative estimate of drug-likeness (QED) is 0.777. The van der Waals surface area contributed by atoms with E-state index in [1.807, 2.05) is 12.1 Å². The molecule has 1 aliphatic rings. The van der Waals surface area contributed by atoms with Crippen LogP contribution in [0.25, 0.3) is 0 Å². The van der Waals surface area contributed by atoms with E-state index in [2.05, 4.69) is 10.0 Å². The molecule has 1 saturated carbocycles. The smallest absolute Gasteiger partial charge is 0.251 e. The summed E-state index contributed by atoms with van der Waals surface area (Å²) in [6, 6.07) is 13.5. The van der Waals surface area contributed by atoms with Crippen molar-refractivity contribution in [1.29, 1.82) is 0 Å². The van der Waals surface area contributed by atoms with Crippen LogP contribution in [0.15, 0.2) is 53.4 Å². The van der Waals surface area contributed by atoms with Crippen molar-refractivity contribution < 1.29 is 13.2 Å². The van der Waals surface area contributed by atoms with E-state index in [9.17, 15) is 13.2 Å². The van der Waals surface area contributed by atoms with Gasteiger partial charge in [-0.15, -0.1) is 0 Å². The highest BCUT2D eigenvalue weighted by Gasteiger charge is 2.28. The number of rotatable bonds is 7. The summed E-state index contributed by atoms with van der Waals surface area (Å²) in [7, 11) is -3.56. The number of benzene rings is 2. The van der Waals surface area contributed by atoms with Crippen LogP contribution in [-0.2, 0) is 16.4 Å². The SMILES string of the molecule is O=C(NCCc1ccc(Cl)cc1)c1cccc(S(=O)(=O)NC2CC2)c1. The molecule has 25 heavy (non-hydrogen) atoms. The second-order valence-electron chi connectivity index (χ2n) is 6.06. The molecule has 2 N–H and O–H groups in total. The molecular formula is C18H19ClN2O3S. The van der Waals surface area contributed by atoms with Crippen LogP contribution in [-0.4, -0.2) is 26.9 Å².